The van der Waals surface area contributed by atoms with E-state index in [1.54, 1.807) is 0 Å². The summed E-state index contributed by atoms with van der Waals surface area (Å²) in [4.78, 5) is 15.6. The summed E-state index contributed by atoms with van der Waals surface area (Å²) in [6.07, 6.45) is 9.54. The molecule has 0 spiro atoms. The predicted molar refractivity (Wildman–Crippen MR) is 87.7 cm³/mol. The first-order chi connectivity index (χ1) is 10.2. The quantitative estimate of drug-likeness (QED) is 0.595. The fourth-order valence-electron chi connectivity index (χ4n) is 3.19. The molecule has 0 bridgehead atoms. The molecule has 0 aromatic rings. The molecule has 0 saturated carbocycles. The van der Waals surface area contributed by atoms with Crippen molar-refractivity contribution in [3.05, 3.63) is 0 Å². The highest BCUT2D eigenvalue weighted by molar-refractivity contribution is 5.66. The second-order valence-electron chi connectivity index (χ2n) is 6.31. The summed E-state index contributed by atoms with van der Waals surface area (Å²) in [7, 11) is 0. The number of unbranched alkanes of at least 4 members (excludes halogenated alkanes) is 3. The molecular weight excluding hydrogens is 264 g/mol. The Balaban J connectivity index is 2.33. The van der Waals surface area contributed by atoms with Crippen LogP contribution in [0.4, 0.5) is 0 Å². The van der Waals surface area contributed by atoms with Crippen molar-refractivity contribution in [2.45, 2.75) is 71.3 Å². The SMILES string of the molecule is CCCCCC(CCCC)N1CCN(CCC(=O)O)CC1. The smallest absolute Gasteiger partial charge is 0.304 e. The molecule has 0 aromatic carbocycles. The molecule has 1 N–H and O–H groups in total. The Morgan fingerprint density at radius 2 is 1.62 bits per heavy atom. The van der Waals surface area contributed by atoms with Gasteiger partial charge in [-0.25, -0.2) is 0 Å². The second-order valence-corrected chi connectivity index (χ2v) is 6.31. The largest absolute Gasteiger partial charge is 0.481 e. The Kier molecular flexibility index (Phi) is 9.68. The van der Waals surface area contributed by atoms with Gasteiger partial charge in [0.2, 0.25) is 0 Å². The Bertz CT molecular complexity index is 276. The lowest BCUT2D eigenvalue weighted by molar-refractivity contribution is -0.137. The van der Waals surface area contributed by atoms with Crippen LogP contribution >= 0.6 is 0 Å². The van der Waals surface area contributed by atoms with Crippen LogP contribution in [0, 0.1) is 0 Å². The van der Waals surface area contributed by atoms with Crippen molar-refractivity contribution in [2.24, 2.45) is 0 Å². The number of rotatable bonds is 11. The summed E-state index contributed by atoms with van der Waals surface area (Å²) in [5, 5.41) is 8.76. The zero-order valence-electron chi connectivity index (χ0n) is 14.0. The van der Waals surface area contributed by atoms with Crippen molar-refractivity contribution in [1.29, 1.82) is 0 Å². The lowest BCUT2D eigenvalue weighted by atomic mass is 10.0. The molecule has 1 saturated heterocycles. The number of hydrogen-bond acceptors (Lipinski definition) is 3. The van der Waals surface area contributed by atoms with E-state index in [1.165, 1.54) is 44.9 Å². The van der Waals surface area contributed by atoms with E-state index in [1.807, 2.05) is 0 Å². The normalized spacial score (nSPS) is 18.8. The van der Waals surface area contributed by atoms with Gasteiger partial charge in [0.05, 0.1) is 6.42 Å². The van der Waals surface area contributed by atoms with Gasteiger partial charge in [-0.1, -0.05) is 46.0 Å². The average Bonchev–Trinajstić information content (AvgIpc) is 2.49. The molecule has 1 rings (SSSR count). The number of nitrogens with zero attached hydrogens (tertiary/aromatic N) is 2. The third-order valence-electron chi connectivity index (χ3n) is 4.60. The van der Waals surface area contributed by atoms with Crippen LogP contribution in [0.3, 0.4) is 0 Å². The van der Waals surface area contributed by atoms with Gasteiger partial charge in [0, 0.05) is 38.8 Å². The average molecular weight is 298 g/mol. The van der Waals surface area contributed by atoms with E-state index in [2.05, 4.69) is 23.6 Å². The van der Waals surface area contributed by atoms with Gasteiger partial charge < -0.3 is 10.0 Å². The molecule has 1 aliphatic heterocycles. The lowest BCUT2D eigenvalue weighted by Gasteiger charge is -2.39. The maximum absolute atomic E-state index is 10.6. The van der Waals surface area contributed by atoms with E-state index < -0.39 is 5.97 Å². The van der Waals surface area contributed by atoms with Crippen LogP contribution in [0.1, 0.15) is 65.2 Å². The fourth-order valence-corrected chi connectivity index (χ4v) is 3.19. The van der Waals surface area contributed by atoms with Crippen molar-refractivity contribution in [1.82, 2.24) is 9.80 Å². The zero-order valence-corrected chi connectivity index (χ0v) is 14.0. The van der Waals surface area contributed by atoms with Gasteiger partial charge in [0.15, 0.2) is 0 Å². The summed E-state index contributed by atoms with van der Waals surface area (Å²) in [5.74, 6) is -0.683. The highest BCUT2D eigenvalue weighted by Crippen LogP contribution is 2.18. The topological polar surface area (TPSA) is 43.8 Å². The highest BCUT2D eigenvalue weighted by Gasteiger charge is 2.23. The molecule has 0 aliphatic carbocycles. The number of piperazine rings is 1. The Morgan fingerprint density at radius 1 is 1.00 bits per heavy atom. The number of carbonyl (C=O) groups is 1. The summed E-state index contributed by atoms with van der Waals surface area (Å²) < 4.78 is 0. The van der Waals surface area contributed by atoms with Gasteiger partial charge in [-0.15, -0.1) is 0 Å². The molecular formula is C17H34N2O2. The summed E-state index contributed by atoms with van der Waals surface area (Å²) in [5.41, 5.74) is 0. The summed E-state index contributed by atoms with van der Waals surface area (Å²) >= 11 is 0. The van der Waals surface area contributed by atoms with E-state index in [9.17, 15) is 4.79 Å². The highest BCUT2D eigenvalue weighted by atomic mass is 16.4. The summed E-state index contributed by atoms with van der Waals surface area (Å²) in [6.45, 7) is 9.53. The Labute approximate surface area is 130 Å². The van der Waals surface area contributed by atoms with Crippen LogP contribution < -0.4 is 0 Å². The number of hydrogen-bond donors (Lipinski definition) is 1. The molecule has 1 unspecified atom stereocenters. The van der Waals surface area contributed by atoms with Crippen molar-refractivity contribution < 1.29 is 9.90 Å². The van der Waals surface area contributed by atoms with E-state index in [4.69, 9.17) is 5.11 Å². The molecule has 4 nitrogen and oxygen atoms in total. The van der Waals surface area contributed by atoms with Crippen molar-refractivity contribution in [3.8, 4) is 0 Å². The minimum Gasteiger partial charge on any atom is -0.481 e. The van der Waals surface area contributed by atoms with Crippen molar-refractivity contribution >= 4 is 5.97 Å². The fraction of sp³-hybridized carbons (Fsp3) is 0.941. The number of carboxylic acids is 1. The Morgan fingerprint density at radius 3 is 2.19 bits per heavy atom. The molecule has 0 aromatic heterocycles. The van der Waals surface area contributed by atoms with Crippen LogP contribution in [0.15, 0.2) is 0 Å². The van der Waals surface area contributed by atoms with Crippen LogP contribution in [0.5, 0.6) is 0 Å². The van der Waals surface area contributed by atoms with Crippen LogP contribution in [-0.4, -0.2) is 59.6 Å². The van der Waals surface area contributed by atoms with Crippen LogP contribution in [0.25, 0.3) is 0 Å². The number of carboxylic acid groups (broad SMARTS) is 1. The van der Waals surface area contributed by atoms with Gasteiger partial charge in [0.25, 0.3) is 0 Å². The lowest BCUT2D eigenvalue weighted by Crippen LogP contribution is -2.50. The maximum Gasteiger partial charge on any atom is 0.304 e. The van der Waals surface area contributed by atoms with E-state index >= 15 is 0 Å². The van der Waals surface area contributed by atoms with Crippen LogP contribution in [-0.2, 0) is 4.79 Å². The number of aliphatic carboxylic acids is 1. The van der Waals surface area contributed by atoms with E-state index in [-0.39, 0.29) is 6.42 Å². The molecule has 124 valence electrons. The molecule has 1 heterocycles. The van der Waals surface area contributed by atoms with Gasteiger partial charge in [0.1, 0.15) is 0 Å². The van der Waals surface area contributed by atoms with E-state index in [0.29, 0.717) is 6.54 Å². The van der Waals surface area contributed by atoms with Crippen molar-refractivity contribution in [2.75, 3.05) is 32.7 Å². The van der Waals surface area contributed by atoms with Gasteiger partial charge >= 0.3 is 5.97 Å². The molecule has 0 amide bonds. The van der Waals surface area contributed by atoms with Crippen molar-refractivity contribution in [3.63, 3.8) is 0 Å². The van der Waals surface area contributed by atoms with Crippen LogP contribution in [0.2, 0.25) is 0 Å². The van der Waals surface area contributed by atoms with Gasteiger partial charge in [-0.05, 0) is 12.8 Å². The summed E-state index contributed by atoms with van der Waals surface area (Å²) in [6, 6.07) is 0.748. The molecule has 21 heavy (non-hydrogen) atoms. The third-order valence-corrected chi connectivity index (χ3v) is 4.60. The first kappa shape index (κ1) is 18.4. The molecule has 1 atom stereocenters. The molecule has 1 aliphatic rings. The first-order valence-electron chi connectivity index (χ1n) is 8.85. The molecule has 4 heteroatoms. The zero-order chi connectivity index (χ0) is 15.5. The van der Waals surface area contributed by atoms with E-state index in [0.717, 1.165) is 32.2 Å². The molecule has 1 fully saturated rings. The Hall–Kier alpha value is -0.610. The standard InChI is InChI=1S/C17H34N2O2/c1-3-5-7-9-16(8-6-4-2)19-14-12-18(13-15-19)11-10-17(20)21/h16H,3-15H2,1-2H3,(H,20,21). The van der Waals surface area contributed by atoms with Gasteiger partial charge in [-0.3, -0.25) is 9.69 Å². The maximum atomic E-state index is 10.6. The third kappa shape index (κ3) is 7.82. The van der Waals surface area contributed by atoms with Gasteiger partial charge in [-0.2, -0.15) is 0 Å². The minimum atomic E-state index is -0.683. The minimum absolute atomic E-state index is 0.274. The second kappa shape index (κ2) is 11.0. The first-order valence-corrected chi connectivity index (χ1v) is 8.85. The predicted octanol–water partition coefficient (Wildman–Crippen LogP) is 3.22. The molecule has 0 radical (unpaired) electrons. The monoisotopic (exact) mass is 298 g/mol.